The monoisotopic (exact) mass is 493 g/mol. The number of benzene rings is 2. The van der Waals surface area contributed by atoms with Crippen molar-refractivity contribution in [1.82, 2.24) is 15.0 Å². The van der Waals surface area contributed by atoms with E-state index < -0.39 is 0 Å². The van der Waals surface area contributed by atoms with Crippen LogP contribution in [0.4, 0.5) is 5.69 Å². The lowest BCUT2D eigenvalue weighted by Gasteiger charge is -2.10. The molecule has 4 aromatic rings. The molecule has 4 N–H and O–H groups in total. The number of carbonyl (C=O) groups is 2. The fraction of sp³-hybridized carbons (Fsp3) is 0.167. The minimum atomic E-state index is -0.373. The highest BCUT2D eigenvalue weighted by Gasteiger charge is 2.17. The van der Waals surface area contributed by atoms with E-state index in [9.17, 15) is 14.4 Å². The first-order valence-electron chi connectivity index (χ1n) is 10.6. The van der Waals surface area contributed by atoms with E-state index >= 15 is 0 Å². The van der Waals surface area contributed by atoms with E-state index in [1.807, 2.05) is 66.9 Å². The number of carbonyl (C=O) groups excluding carboxylic acids is 2. The summed E-state index contributed by atoms with van der Waals surface area (Å²) in [6, 6.07) is 17.1. The molecule has 34 heavy (non-hydrogen) atoms. The number of hydrogen-bond acceptors (Lipinski definition) is 7. The van der Waals surface area contributed by atoms with Crippen LogP contribution in [-0.2, 0) is 16.0 Å². The Kier molecular flexibility index (Phi) is 7.29. The number of aromatic nitrogens is 2. The van der Waals surface area contributed by atoms with Crippen LogP contribution in [-0.4, -0.2) is 33.8 Å². The first-order chi connectivity index (χ1) is 16.5. The molecule has 8 nitrogen and oxygen atoms in total. The van der Waals surface area contributed by atoms with Crippen LogP contribution in [0, 0.1) is 0 Å². The fourth-order valence-corrected chi connectivity index (χ4v) is 5.16. The molecule has 0 fully saturated rings. The molecular weight excluding hydrogens is 470 g/mol. The molecule has 0 spiro atoms. The lowest BCUT2D eigenvalue weighted by atomic mass is 10.1. The summed E-state index contributed by atoms with van der Waals surface area (Å²) >= 11 is 2.39. The summed E-state index contributed by atoms with van der Waals surface area (Å²) in [6.07, 6.45) is 0.786. The van der Waals surface area contributed by atoms with E-state index in [2.05, 4.69) is 15.6 Å². The van der Waals surface area contributed by atoms with Crippen LogP contribution in [0.5, 0.6) is 0 Å². The van der Waals surface area contributed by atoms with Crippen molar-refractivity contribution in [1.29, 1.82) is 0 Å². The van der Waals surface area contributed by atoms with Gasteiger partial charge in [0.05, 0.1) is 17.7 Å². The second-order valence-corrected chi connectivity index (χ2v) is 9.19. The molecule has 0 aliphatic rings. The molecule has 0 aliphatic heterocycles. The maximum absolute atomic E-state index is 12.9. The van der Waals surface area contributed by atoms with Crippen molar-refractivity contribution < 1.29 is 9.59 Å². The molecule has 2 aromatic heterocycles. The highest BCUT2D eigenvalue weighted by atomic mass is 32.2. The normalized spacial score (nSPS) is 10.9. The molecule has 0 bridgehead atoms. The van der Waals surface area contributed by atoms with Crippen molar-refractivity contribution in [2.75, 3.05) is 23.5 Å². The van der Waals surface area contributed by atoms with Gasteiger partial charge in [-0.15, -0.1) is 11.3 Å². The van der Waals surface area contributed by atoms with Crippen LogP contribution in [0.2, 0.25) is 0 Å². The van der Waals surface area contributed by atoms with Crippen molar-refractivity contribution in [2.45, 2.75) is 18.5 Å². The number of aryl methyl sites for hydroxylation is 1. The average molecular weight is 494 g/mol. The highest BCUT2D eigenvalue weighted by Crippen LogP contribution is 2.31. The SMILES string of the molecule is CCc1ccccc1NC(=O)CNC(=O)CSc1nc2scc(-c3ccccc3)c2c(=O)n1N. The number of anilines is 1. The second-order valence-electron chi connectivity index (χ2n) is 7.39. The number of nitrogen functional groups attached to an aromatic ring is 1. The second kappa shape index (κ2) is 10.5. The van der Waals surface area contributed by atoms with Gasteiger partial charge < -0.3 is 16.5 Å². The van der Waals surface area contributed by atoms with Crippen LogP contribution >= 0.6 is 23.1 Å². The zero-order valence-electron chi connectivity index (χ0n) is 18.4. The van der Waals surface area contributed by atoms with Crippen molar-refractivity contribution in [3.63, 3.8) is 0 Å². The number of rotatable bonds is 8. The lowest BCUT2D eigenvalue weighted by Crippen LogP contribution is -2.34. The van der Waals surface area contributed by atoms with E-state index in [0.717, 1.165) is 45.2 Å². The van der Waals surface area contributed by atoms with E-state index in [0.29, 0.717) is 10.2 Å². The summed E-state index contributed by atoms with van der Waals surface area (Å²) in [6.45, 7) is 1.84. The summed E-state index contributed by atoms with van der Waals surface area (Å²) in [7, 11) is 0. The molecule has 2 aromatic carbocycles. The lowest BCUT2D eigenvalue weighted by molar-refractivity contribution is -0.122. The summed E-state index contributed by atoms with van der Waals surface area (Å²) in [5.74, 6) is 5.29. The van der Waals surface area contributed by atoms with Crippen LogP contribution in [0.1, 0.15) is 12.5 Å². The minimum absolute atomic E-state index is 0.0368. The smallest absolute Gasteiger partial charge is 0.282 e. The first kappa shape index (κ1) is 23.5. The zero-order chi connectivity index (χ0) is 24.1. The highest BCUT2D eigenvalue weighted by molar-refractivity contribution is 7.99. The number of thiophene rings is 1. The number of amides is 2. The molecule has 0 aliphatic carbocycles. The Morgan fingerprint density at radius 3 is 2.59 bits per heavy atom. The van der Waals surface area contributed by atoms with Crippen molar-refractivity contribution in [2.24, 2.45) is 0 Å². The van der Waals surface area contributed by atoms with Gasteiger partial charge in [0, 0.05) is 16.6 Å². The number of hydrogen-bond donors (Lipinski definition) is 3. The number of para-hydroxylation sites is 1. The van der Waals surface area contributed by atoms with E-state index in [-0.39, 0.29) is 34.8 Å². The summed E-state index contributed by atoms with van der Waals surface area (Å²) in [5, 5.41) is 7.96. The maximum Gasteiger partial charge on any atom is 0.282 e. The Hall–Kier alpha value is -3.63. The Morgan fingerprint density at radius 2 is 1.82 bits per heavy atom. The van der Waals surface area contributed by atoms with Gasteiger partial charge in [-0.25, -0.2) is 9.66 Å². The van der Waals surface area contributed by atoms with Gasteiger partial charge in [0.1, 0.15) is 4.83 Å². The topological polar surface area (TPSA) is 119 Å². The third-order valence-corrected chi connectivity index (χ3v) is 6.97. The number of nitrogens with zero attached hydrogens (tertiary/aromatic N) is 2. The third kappa shape index (κ3) is 5.13. The molecule has 0 unspecified atom stereocenters. The van der Waals surface area contributed by atoms with Crippen LogP contribution < -0.4 is 22.0 Å². The molecule has 0 saturated carbocycles. The van der Waals surface area contributed by atoms with Gasteiger partial charge in [0.25, 0.3) is 5.56 Å². The summed E-state index contributed by atoms with van der Waals surface area (Å²) in [4.78, 5) is 42.5. The molecule has 2 heterocycles. The van der Waals surface area contributed by atoms with Crippen LogP contribution in [0.25, 0.3) is 21.3 Å². The predicted molar refractivity (Wildman–Crippen MR) is 138 cm³/mol. The Bertz CT molecular complexity index is 1400. The minimum Gasteiger partial charge on any atom is -0.346 e. The van der Waals surface area contributed by atoms with Gasteiger partial charge in [0.15, 0.2) is 5.16 Å². The van der Waals surface area contributed by atoms with Gasteiger partial charge in [-0.05, 0) is 23.6 Å². The van der Waals surface area contributed by atoms with Crippen LogP contribution in [0.15, 0.2) is 69.9 Å². The van der Waals surface area contributed by atoms with Gasteiger partial charge in [-0.1, -0.05) is 67.2 Å². The van der Waals surface area contributed by atoms with Crippen LogP contribution in [0.3, 0.4) is 0 Å². The molecule has 10 heteroatoms. The van der Waals surface area contributed by atoms with Gasteiger partial charge in [-0.2, -0.15) is 0 Å². The first-order valence-corrected chi connectivity index (χ1v) is 12.5. The van der Waals surface area contributed by atoms with E-state index in [1.54, 1.807) is 0 Å². The molecule has 0 radical (unpaired) electrons. The number of nitrogens with one attached hydrogen (secondary N) is 2. The zero-order valence-corrected chi connectivity index (χ0v) is 20.0. The fourth-order valence-electron chi connectivity index (χ4n) is 3.42. The number of fused-ring (bicyclic) bond motifs is 1. The quantitative estimate of drug-likeness (QED) is 0.197. The molecule has 2 amide bonds. The largest absolute Gasteiger partial charge is 0.346 e. The third-order valence-electron chi connectivity index (χ3n) is 5.14. The van der Waals surface area contributed by atoms with Gasteiger partial charge in [-0.3, -0.25) is 14.4 Å². The predicted octanol–water partition coefficient (Wildman–Crippen LogP) is 3.25. The summed E-state index contributed by atoms with van der Waals surface area (Å²) in [5.41, 5.74) is 3.06. The molecule has 0 atom stereocenters. The number of thioether (sulfide) groups is 1. The van der Waals surface area contributed by atoms with E-state index in [4.69, 9.17) is 5.84 Å². The summed E-state index contributed by atoms with van der Waals surface area (Å²) < 4.78 is 0.966. The van der Waals surface area contributed by atoms with Gasteiger partial charge >= 0.3 is 0 Å². The Labute approximate surface area is 204 Å². The van der Waals surface area contributed by atoms with Gasteiger partial charge in [0.2, 0.25) is 11.8 Å². The standard InChI is InChI=1S/C24H23N5O3S2/c1-2-15-8-6-7-11-18(15)27-19(30)12-26-20(31)14-34-24-28-22-21(23(32)29(24)25)17(13-33-22)16-9-4-3-5-10-16/h3-11,13H,2,12,14,25H2,1H3,(H,26,31)(H,27,30). The Morgan fingerprint density at radius 1 is 1.09 bits per heavy atom. The Balaban J connectivity index is 1.38. The number of nitrogens with two attached hydrogens (primary N) is 1. The van der Waals surface area contributed by atoms with Crippen molar-refractivity contribution in [3.05, 3.63) is 75.9 Å². The van der Waals surface area contributed by atoms with Crippen molar-refractivity contribution in [3.8, 4) is 11.1 Å². The van der Waals surface area contributed by atoms with Crippen molar-refractivity contribution >= 4 is 50.8 Å². The average Bonchev–Trinajstić information content (AvgIpc) is 3.29. The molecule has 174 valence electrons. The van der Waals surface area contributed by atoms with E-state index in [1.165, 1.54) is 11.3 Å². The molecular formula is C24H23N5O3S2. The molecule has 4 rings (SSSR count). The molecule has 0 saturated heterocycles. The maximum atomic E-state index is 12.9.